The Kier molecular flexibility index (Phi) is 4.57. The number of nitriles is 1. The first-order valence-corrected chi connectivity index (χ1v) is 9.43. The molecule has 0 heterocycles. The molecule has 0 aromatic heterocycles. The zero-order chi connectivity index (χ0) is 13.1. The first-order chi connectivity index (χ1) is 7.78. The molecule has 0 aromatic carbocycles. The van der Waals surface area contributed by atoms with Crippen molar-refractivity contribution in [2.24, 2.45) is 5.92 Å². The molecule has 0 unspecified atom stereocenters. The van der Waals surface area contributed by atoms with Crippen LogP contribution in [0.1, 0.15) is 40.0 Å². The van der Waals surface area contributed by atoms with E-state index in [-0.39, 0.29) is 5.04 Å². The molecular weight excluding hydrogens is 226 g/mol. The average Bonchev–Trinajstić information content (AvgIpc) is 2.60. The quantitative estimate of drug-likeness (QED) is 0.555. The molecule has 3 heteroatoms. The van der Waals surface area contributed by atoms with Crippen LogP contribution in [0.3, 0.4) is 0 Å². The van der Waals surface area contributed by atoms with Crippen LogP contribution in [0, 0.1) is 17.2 Å². The van der Waals surface area contributed by atoms with Crippen molar-refractivity contribution < 1.29 is 4.43 Å². The Hall–Kier alpha value is -0.593. The summed E-state index contributed by atoms with van der Waals surface area (Å²) in [5, 5.41) is 8.87. The van der Waals surface area contributed by atoms with Gasteiger partial charge < -0.3 is 4.43 Å². The fraction of sp³-hybridized carbons (Fsp3) is 0.786. The summed E-state index contributed by atoms with van der Waals surface area (Å²) < 4.78 is 6.45. The highest BCUT2D eigenvalue weighted by Crippen LogP contribution is 2.41. The van der Waals surface area contributed by atoms with Crippen molar-refractivity contribution in [3.8, 4) is 6.07 Å². The van der Waals surface area contributed by atoms with Crippen LogP contribution in [-0.2, 0) is 4.43 Å². The zero-order valence-electron chi connectivity index (χ0n) is 11.8. The second-order valence-corrected chi connectivity index (χ2v) is 11.3. The standard InChI is InChI=1S/C14H25NOSi/c1-14(2,3)17(4,5)16-13-10-6-8-12(13)9-7-11-15/h7,9,12-13H,6,8,10H2,1-5H3/b9-7-/t12-,13-/m1/s1. The maximum Gasteiger partial charge on any atom is 0.192 e. The molecule has 1 aliphatic rings. The Morgan fingerprint density at radius 2 is 1.94 bits per heavy atom. The first-order valence-electron chi connectivity index (χ1n) is 6.52. The third kappa shape index (κ3) is 3.69. The third-order valence-corrected chi connectivity index (χ3v) is 8.68. The summed E-state index contributed by atoms with van der Waals surface area (Å²) in [6, 6.07) is 2.08. The van der Waals surface area contributed by atoms with Gasteiger partial charge in [0.05, 0.1) is 12.2 Å². The average molecular weight is 251 g/mol. The zero-order valence-corrected chi connectivity index (χ0v) is 12.8. The van der Waals surface area contributed by atoms with Gasteiger partial charge in [-0.2, -0.15) is 5.26 Å². The van der Waals surface area contributed by atoms with E-state index in [4.69, 9.17) is 9.69 Å². The summed E-state index contributed by atoms with van der Waals surface area (Å²) in [6.07, 6.45) is 7.51. The number of nitrogens with zero attached hydrogens (tertiary/aromatic N) is 1. The summed E-state index contributed by atoms with van der Waals surface area (Å²) in [5.74, 6) is 0.448. The van der Waals surface area contributed by atoms with E-state index < -0.39 is 8.32 Å². The van der Waals surface area contributed by atoms with Gasteiger partial charge in [-0.3, -0.25) is 0 Å². The molecule has 0 spiro atoms. The predicted octanol–water partition coefficient (Wildman–Crippen LogP) is 4.26. The van der Waals surface area contributed by atoms with E-state index in [1.54, 1.807) is 6.08 Å². The second-order valence-electron chi connectivity index (χ2n) is 6.50. The molecule has 1 saturated carbocycles. The molecule has 0 amide bonds. The van der Waals surface area contributed by atoms with Crippen LogP contribution < -0.4 is 0 Å². The number of allylic oxidation sites excluding steroid dienone is 1. The van der Waals surface area contributed by atoms with Crippen LogP contribution in [0.15, 0.2) is 12.2 Å². The Labute approximate surface area is 107 Å². The molecule has 2 nitrogen and oxygen atoms in total. The molecule has 0 saturated heterocycles. The summed E-state index contributed by atoms with van der Waals surface area (Å²) in [5.41, 5.74) is 0. The van der Waals surface area contributed by atoms with Crippen LogP contribution in [0.4, 0.5) is 0 Å². The molecule has 0 radical (unpaired) electrons. The van der Waals surface area contributed by atoms with E-state index in [0.717, 1.165) is 12.8 Å². The van der Waals surface area contributed by atoms with E-state index in [1.807, 2.05) is 6.08 Å². The third-order valence-electron chi connectivity index (χ3n) is 4.17. The predicted molar refractivity (Wildman–Crippen MR) is 74.2 cm³/mol. The highest BCUT2D eigenvalue weighted by atomic mass is 28.4. The second kappa shape index (κ2) is 5.37. The van der Waals surface area contributed by atoms with Gasteiger partial charge >= 0.3 is 0 Å². The summed E-state index contributed by atoms with van der Waals surface area (Å²) in [4.78, 5) is 0. The summed E-state index contributed by atoms with van der Waals surface area (Å²) in [6.45, 7) is 11.4. The van der Waals surface area contributed by atoms with E-state index in [0.29, 0.717) is 12.0 Å². The van der Waals surface area contributed by atoms with Crippen molar-refractivity contribution >= 4 is 8.32 Å². The summed E-state index contributed by atoms with van der Waals surface area (Å²) >= 11 is 0. The molecule has 2 atom stereocenters. The van der Waals surface area contributed by atoms with Crippen molar-refractivity contribution in [3.05, 3.63) is 12.2 Å². The van der Waals surface area contributed by atoms with Gasteiger partial charge in [-0.1, -0.05) is 33.3 Å². The van der Waals surface area contributed by atoms with Crippen LogP contribution in [0.25, 0.3) is 0 Å². The van der Waals surface area contributed by atoms with Gasteiger partial charge in [0.2, 0.25) is 0 Å². The lowest BCUT2D eigenvalue weighted by molar-refractivity contribution is 0.160. The van der Waals surface area contributed by atoms with Crippen molar-refractivity contribution in [1.29, 1.82) is 5.26 Å². The fourth-order valence-corrected chi connectivity index (χ4v) is 3.45. The van der Waals surface area contributed by atoms with Gasteiger partial charge in [-0.15, -0.1) is 0 Å². The highest BCUT2D eigenvalue weighted by Gasteiger charge is 2.41. The smallest absolute Gasteiger partial charge is 0.192 e. The molecule has 0 N–H and O–H groups in total. The number of hydrogen-bond acceptors (Lipinski definition) is 2. The molecule has 0 aromatic rings. The van der Waals surface area contributed by atoms with Crippen molar-refractivity contribution in [3.63, 3.8) is 0 Å². The first kappa shape index (κ1) is 14.5. The Balaban J connectivity index is 2.68. The van der Waals surface area contributed by atoms with Crippen molar-refractivity contribution in [2.75, 3.05) is 0 Å². The normalized spacial score (nSPS) is 26.4. The minimum Gasteiger partial charge on any atom is -0.413 e. The topological polar surface area (TPSA) is 33.0 Å². The molecule has 0 aliphatic heterocycles. The van der Waals surface area contributed by atoms with Crippen LogP contribution in [-0.4, -0.2) is 14.4 Å². The molecule has 96 valence electrons. The number of rotatable bonds is 3. The van der Waals surface area contributed by atoms with Gasteiger partial charge in [0, 0.05) is 12.0 Å². The van der Waals surface area contributed by atoms with Gasteiger partial charge in [-0.05, 0) is 31.0 Å². The van der Waals surface area contributed by atoms with Crippen LogP contribution in [0.2, 0.25) is 18.1 Å². The molecular formula is C14H25NOSi. The van der Waals surface area contributed by atoms with E-state index in [9.17, 15) is 0 Å². The van der Waals surface area contributed by atoms with Gasteiger partial charge in [-0.25, -0.2) is 0 Å². The molecule has 1 rings (SSSR count). The molecule has 0 bridgehead atoms. The molecule has 17 heavy (non-hydrogen) atoms. The van der Waals surface area contributed by atoms with Crippen molar-refractivity contribution in [1.82, 2.24) is 0 Å². The maximum absolute atomic E-state index is 8.61. The van der Waals surface area contributed by atoms with Gasteiger partial charge in [0.1, 0.15) is 0 Å². The fourth-order valence-electron chi connectivity index (χ4n) is 2.04. The van der Waals surface area contributed by atoms with Gasteiger partial charge in [0.15, 0.2) is 8.32 Å². The Morgan fingerprint density at radius 3 is 2.47 bits per heavy atom. The Morgan fingerprint density at radius 1 is 1.29 bits per heavy atom. The monoisotopic (exact) mass is 251 g/mol. The van der Waals surface area contributed by atoms with E-state index in [2.05, 4.69) is 39.9 Å². The molecule has 1 aliphatic carbocycles. The maximum atomic E-state index is 8.61. The lowest BCUT2D eigenvalue weighted by Gasteiger charge is -2.39. The Bertz CT molecular complexity index is 322. The van der Waals surface area contributed by atoms with Crippen LogP contribution in [0.5, 0.6) is 0 Å². The molecule has 1 fully saturated rings. The SMILES string of the molecule is CC(C)(C)[Si](C)(C)O[C@@H]1CCC[C@@H]1/C=C\C#N. The van der Waals surface area contributed by atoms with E-state index in [1.165, 1.54) is 6.42 Å². The number of hydrogen-bond donors (Lipinski definition) is 0. The van der Waals surface area contributed by atoms with Gasteiger partial charge in [0.25, 0.3) is 0 Å². The van der Waals surface area contributed by atoms with Crippen LogP contribution >= 0.6 is 0 Å². The lowest BCUT2D eigenvalue weighted by Crippen LogP contribution is -2.44. The largest absolute Gasteiger partial charge is 0.413 e. The minimum absolute atomic E-state index is 0.263. The highest BCUT2D eigenvalue weighted by molar-refractivity contribution is 6.74. The van der Waals surface area contributed by atoms with Crippen molar-refractivity contribution in [2.45, 2.75) is 64.3 Å². The van der Waals surface area contributed by atoms with E-state index >= 15 is 0 Å². The lowest BCUT2D eigenvalue weighted by atomic mass is 10.1. The summed E-state index contributed by atoms with van der Waals surface area (Å²) in [7, 11) is -1.67. The minimum atomic E-state index is -1.67.